The van der Waals surface area contributed by atoms with E-state index in [9.17, 15) is 65.6 Å². The van der Waals surface area contributed by atoms with E-state index in [1.165, 1.54) is 46.2 Å². The molecule has 78 heavy (non-hydrogen) atoms. The molecule has 8 amide bonds. The largest absolute Gasteiger partial charge is 1.00 e. The summed E-state index contributed by atoms with van der Waals surface area (Å²) in [6, 6.07) is 20.3. The predicted octanol–water partition coefficient (Wildman–Crippen LogP) is 3.68. The summed E-state index contributed by atoms with van der Waals surface area (Å²) in [5.74, 6) is -2.30. The zero-order chi connectivity index (χ0) is 55.7. The highest BCUT2D eigenvalue weighted by molar-refractivity contribution is 6.09. The van der Waals surface area contributed by atoms with Gasteiger partial charge >= 0.3 is 24.4 Å². The molecule has 24 heteroatoms. The topological polar surface area (TPSA) is 194 Å². The van der Waals surface area contributed by atoms with Crippen LogP contribution in [0.15, 0.2) is 120 Å². The number of urea groups is 2. The van der Waals surface area contributed by atoms with E-state index < -0.39 is 84.3 Å². The van der Waals surface area contributed by atoms with Crippen LogP contribution in [0, 0.1) is 22.7 Å². The third-order valence-corrected chi connectivity index (χ3v) is 14.0. The number of alkyl halides is 6. The quantitative estimate of drug-likeness (QED) is 0.0965. The molecule has 8 rings (SSSR count). The van der Waals surface area contributed by atoms with Crippen LogP contribution in [0.3, 0.4) is 0 Å². The molecule has 0 unspecified atom stereocenters. The highest BCUT2D eigenvalue weighted by Crippen LogP contribution is 2.46. The molecule has 4 aliphatic heterocycles. The molecule has 4 aromatic carbocycles. The molecular formula is C54H52F6IN11O6. The minimum atomic E-state index is -4.76. The lowest BCUT2D eigenvalue weighted by Crippen LogP contribution is -3.00. The Kier molecular flexibility index (Phi) is 17.0. The van der Waals surface area contributed by atoms with Gasteiger partial charge in [0.15, 0.2) is 0 Å². The van der Waals surface area contributed by atoms with Crippen molar-refractivity contribution < 1.29 is 83.6 Å². The minimum Gasteiger partial charge on any atom is -1.00 e. The molecule has 0 radical (unpaired) electrons. The summed E-state index contributed by atoms with van der Waals surface area (Å²) in [6.45, 7) is 2.94. The summed E-state index contributed by atoms with van der Waals surface area (Å²) in [7, 11) is 3.61. The number of nitrogens with one attached hydrogen (secondary N) is 2. The Morgan fingerprint density at radius 3 is 1.28 bits per heavy atom. The van der Waals surface area contributed by atoms with E-state index in [1.807, 2.05) is 12.1 Å². The van der Waals surface area contributed by atoms with Crippen molar-refractivity contribution in [2.75, 3.05) is 89.3 Å². The van der Waals surface area contributed by atoms with E-state index in [4.69, 9.17) is 0 Å². The molecule has 4 aromatic rings. The van der Waals surface area contributed by atoms with Crippen LogP contribution < -0.4 is 44.4 Å². The lowest BCUT2D eigenvalue weighted by atomic mass is 9.92. The van der Waals surface area contributed by atoms with Gasteiger partial charge in [-0.2, -0.15) is 36.9 Å². The van der Waals surface area contributed by atoms with Gasteiger partial charge in [0.25, 0.3) is 11.8 Å². The van der Waals surface area contributed by atoms with E-state index in [1.54, 1.807) is 52.2 Å². The molecule has 4 heterocycles. The number of rotatable bonds is 16. The van der Waals surface area contributed by atoms with Crippen molar-refractivity contribution in [3.8, 4) is 12.1 Å². The molecular weight excluding hydrogens is 1140 g/mol. The summed E-state index contributed by atoms with van der Waals surface area (Å²) >= 11 is 0. The number of carbonyl (C=O) groups is 6. The van der Waals surface area contributed by atoms with Gasteiger partial charge in [-0.05, 0) is 85.6 Å². The molecule has 0 saturated heterocycles. The monoisotopic (exact) mass is 1190 g/mol. The Balaban J connectivity index is 0.00000882. The number of hydrogen-bond donors (Lipinski definition) is 2. The van der Waals surface area contributed by atoms with Crippen molar-refractivity contribution in [3.05, 3.63) is 153 Å². The normalized spacial score (nSPS) is 17.7. The Morgan fingerprint density at radius 1 is 0.603 bits per heavy atom. The number of quaternary nitrogens is 1. The van der Waals surface area contributed by atoms with Crippen LogP contribution in [0.1, 0.15) is 59.3 Å². The van der Waals surface area contributed by atoms with Gasteiger partial charge in [0.2, 0.25) is 11.8 Å². The Bertz CT molecular complexity index is 2980. The second-order valence-electron chi connectivity index (χ2n) is 19.3. The lowest BCUT2D eigenvalue weighted by molar-refractivity contribution is -0.887. The molecule has 2 atom stereocenters. The predicted molar refractivity (Wildman–Crippen MR) is 266 cm³/mol. The molecule has 0 aliphatic carbocycles. The maximum Gasteiger partial charge on any atom is 0.416 e. The zero-order valence-electron chi connectivity index (χ0n) is 42.6. The van der Waals surface area contributed by atoms with Gasteiger partial charge in [-0.1, -0.05) is 36.4 Å². The minimum absolute atomic E-state index is 0. The molecule has 2 N–H and O–H groups in total. The van der Waals surface area contributed by atoms with Crippen LogP contribution in [-0.2, 0) is 31.5 Å². The molecule has 0 spiro atoms. The first-order valence-electron chi connectivity index (χ1n) is 24.5. The fourth-order valence-electron chi connectivity index (χ4n) is 9.92. The first-order valence-corrected chi connectivity index (χ1v) is 24.5. The van der Waals surface area contributed by atoms with Gasteiger partial charge in [0.1, 0.15) is 13.1 Å². The highest BCUT2D eigenvalue weighted by atomic mass is 127. The molecule has 4 aliphatic rings. The standard InChI is InChI=1S/C54H51F6N11O6.HI/c1-5-65-29-41-45(49(65)74)47(35-17-13-33(27-61)14-18-35)67(51(76)69(41)39-11-7-9-37(25-39)53(55,56)57)31-43(72)63-21-23-71(3,4)24-22-64-44(73)32-68-48(36-19-15-34(28-62)16-20-36)46-42(30-66(6-2)50(46)75)70(52(68)77)40-12-8-10-38(26-40)54(58,59)60;/h7-20,25-26,47-48H,5-6,21-24,29-32H2,1-4H3,(H-,63,64,72,73);1H/t47-,48-;/m1./s1. The molecule has 408 valence electrons. The van der Waals surface area contributed by atoms with Gasteiger partial charge in [-0.25, -0.2) is 9.59 Å². The van der Waals surface area contributed by atoms with Gasteiger partial charge in [-0.15, -0.1) is 0 Å². The number of nitrogens with zero attached hydrogens (tertiary/aromatic N) is 9. The van der Waals surface area contributed by atoms with E-state index in [-0.39, 0.29) is 126 Å². The molecule has 0 bridgehead atoms. The van der Waals surface area contributed by atoms with Gasteiger partial charge in [-0.3, -0.25) is 29.0 Å². The van der Waals surface area contributed by atoms with E-state index >= 15 is 0 Å². The summed E-state index contributed by atoms with van der Waals surface area (Å²) < 4.78 is 84.1. The third-order valence-electron chi connectivity index (χ3n) is 14.0. The van der Waals surface area contributed by atoms with Crippen LogP contribution >= 0.6 is 0 Å². The van der Waals surface area contributed by atoms with E-state index in [0.29, 0.717) is 11.1 Å². The second kappa shape index (κ2) is 22.9. The summed E-state index contributed by atoms with van der Waals surface area (Å²) in [6.07, 6.45) is -9.52. The van der Waals surface area contributed by atoms with Crippen molar-refractivity contribution in [1.29, 1.82) is 10.5 Å². The lowest BCUT2D eigenvalue weighted by Gasteiger charge is -2.41. The van der Waals surface area contributed by atoms with Gasteiger partial charge < -0.3 is 58.7 Å². The van der Waals surface area contributed by atoms with Gasteiger partial charge in [0, 0.05) is 13.1 Å². The van der Waals surface area contributed by atoms with E-state index in [2.05, 4.69) is 10.6 Å². The van der Waals surface area contributed by atoms with Crippen LogP contribution in [0.4, 0.5) is 47.3 Å². The van der Waals surface area contributed by atoms with E-state index in [0.717, 1.165) is 56.0 Å². The number of benzene rings is 4. The third kappa shape index (κ3) is 11.6. The van der Waals surface area contributed by atoms with Crippen molar-refractivity contribution in [2.24, 2.45) is 0 Å². The molecule has 0 saturated carbocycles. The van der Waals surface area contributed by atoms with Crippen molar-refractivity contribution >= 4 is 47.1 Å². The van der Waals surface area contributed by atoms with Crippen molar-refractivity contribution in [3.63, 3.8) is 0 Å². The fraction of sp³-hybridized carbons (Fsp3) is 0.333. The average molecular weight is 1190 g/mol. The number of halogens is 7. The summed E-state index contributed by atoms with van der Waals surface area (Å²) in [5, 5.41) is 24.6. The van der Waals surface area contributed by atoms with Crippen LogP contribution in [-0.4, -0.2) is 139 Å². The van der Waals surface area contributed by atoms with Crippen LogP contribution in [0.25, 0.3) is 0 Å². The van der Waals surface area contributed by atoms with Gasteiger partial charge in [0.05, 0.1) is 134 Å². The van der Waals surface area contributed by atoms with Crippen molar-refractivity contribution in [1.82, 2.24) is 30.2 Å². The fourth-order valence-corrected chi connectivity index (χ4v) is 9.92. The number of anilines is 2. The number of likely N-dealkylation sites (N-methyl/N-ethyl adjacent to an activating group) is 3. The Hall–Kier alpha value is -7.97. The van der Waals surface area contributed by atoms with Crippen LogP contribution in [0.5, 0.6) is 0 Å². The Labute approximate surface area is 462 Å². The number of carbonyl (C=O) groups excluding carboxylic acids is 6. The van der Waals surface area contributed by atoms with Crippen molar-refractivity contribution in [2.45, 2.75) is 38.3 Å². The average Bonchev–Trinajstić information content (AvgIpc) is 3.94. The number of nitriles is 2. The molecule has 0 fully saturated rings. The number of amides is 8. The Morgan fingerprint density at radius 2 is 0.962 bits per heavy atom. The maximum absolute atomic E-state index is 14.7. The van der Waals surface area contributed by atoms with Crippen LogP contribution in [0.2, 0.25) is 0 Å². The smallest absolute Gasteiger partial charge is 0.416 e. The number of hydrogen-bond acceptors (Lipinski definition) is 8. The molecule has 17 nitrogen and oxygen atoms in total. The first-order chi connectivity index (χ1) is 36.5. The summed E-state index contributed by atoms with van der Waals surface area (Å²) in [4.78, 5) is 92.5. The SMILES string of the molecule is CCN1CC2=C(C1=O)[C@@H](c1ccc(C#N)cc1)N(CC(=O)NCC[N+](C)(C)CCNC(=O)CN1C(=O)N(c3cccc(C(F)(F)F)c3)C3=C(C(=O)N(CC)C3)[C@H]1c1ccc(C#N)cc1)C(=O)N2c1cccc(C(F)(F)F)c1.[I-]. The summed E-state index contributed by atoms with van der Waals surface area (Å²) in [5.41, 5.74) is -0.587. The zero-order valence-corrected chi connectivity index (χ0v) is 44.7. The first kappa shape index (κ1) is 57.7. The molecule has 0 aromatic heterocycles. The highest BCUT2D eigenvalue weighted by Gasteiger charge is 2.51. The maximum atomic E-state index is 14.7. The second-order valence-corrected chi connectivity index (χ2v) is 19.3.